The molecular formula is C19H29ClN2O4. The molecule has 7 heteroatoms. The van der Waals surface area contributed by atoms with Gasteiger partial charge in [0.25, 0.3) is 0 Å². The molecule has 1 amide bonds. The van der Waals surface area contributed by atoms with Crippen molar-refractivity contribution in [3.8, 4) is 5.75 Å². The van der Waals surface area contributed by atoms with E-state index in [9.17, 15) is 4.79 Å². The van der Waals surface area contributed by atoms with Crippen molar-refractivity contribution in [2.24, 2.45) is 0 Å². The number of halogens is 1. The van der Waals surface area contributed by atoms with Gasteiger partial charge in [-0.25, -0.2) is 4.79 Å². The molecule has 1 fully saturated rings. The quantitative estimate of drug-likeness (QED) is 0.813. The fourth-order valence-corrected chi connectivity index (χ4v) is 2.96. The predicted octanol–water partition coefficient (Wildman–Crippen LogP) is 3.46. The highest BCUT2D eigenvalue weighted by molar-refractivity contribution is 6.30. The van der Waals surface area contributed by atoms with Crippen LogP contribution in [0.2, 0.25) is 5.02 Å². The highest BCUT2D eigenvalue weighted by Gasteiger charge is 2.23. The van der Waals surface area contributed by atoms with Gasteiger partial charge in [0, 0.05) is 36.8 Å². The summed E-state index contributed by atoms with van der Waals surface area (Å²) in [6.45, 7) is 11.4. The number of nitrogens with one attached hydrogen (secondary N) is 1. The van der Waals surface area contributed by atoms with Crippen molar-refractivity contribution in [1.82, 2.24) is 10.2 Å². The zero-order valence-electron chi connectivity index (χ0n) is 16.0. The van der Waals surface area contributed by atoms with E-state index >= 15 is 0 Å². The molecule has 0 saturated carbocycles. The first-order valence-corrected chi connectivity index (χ1v) is 9.36. The number of hydrogen-bond donors (Lipinski definition) is 1. The van der Waals surface area contributed by atoms with Crippen LogP contribution in [0.5, 0.6) is 5.75 Å². The third kappa shape index (κ3) is 7.02. The summed E-state index contributed by atoms with van der Waals surface area (Å²) in [6, 6.07) is 5.68. The lowest BCUT2D eigenvalue weighted by atomic mass is 10.1. The molecule has 0 aliphatic carbocycles. The lowest BCUT2D eigenvalue weighted by Crippen LogP contribution is -2.47. The van der Waals surface area contributed by atoms with Crippen LogP contribution >= 0.6 is 11.6 Å². The Morgan fingerprint density at radius 1 is 1.42 bits per heavy atom. The molecule has 0 aromatic heterocycles. The molecule has 0 bridgehead atoms. The molecule has 1 unspecified atom stereocenters. The molecule has 2 rings (SSSR count). The molecule has 0 spiro atoms. The smallest absolute Gasteiger partial charge is 0.407 e. The molecular weight excluding hydrogens is 356 g/mol. The lowest BCUT2D eigenvalue weighted by Gasteiger charge is -2.33. The van der Waals surface area contributed by atoms with Gasteiger partial charge in [-0.05, 0) is 45.9 Å². The fourth-order valence-electron chi connectivity index (χ4n) is 2.77. The monoisotopic (exact) mass is 384 g/mol. The van der Waals surface area contributed by atoms with Crippen LogP contribution in [0, 0.1) is 0 Å². The van der Waals surface area contributed by atoms with E-state index in [1.165, 1.54) is 0 Å². The lowest BCUT2D eigenvalue weighted by molar-refractivity contribution is -0.0315. The van der Waals surface area contributed by atoms with Crippen LogP contribution in [0.3, 0.4) is 0 Å². The Bertz CT molecular complexity index is 604. The molecule has 1 heterocycles. The molecule has 0 radical (unpaired) electrons. The average molecular weight is 385 g/mol. The maximum Gasteiger partial charge on any atom is 0.407 e. The van der Waals surface area contributed by atoms with Gasteiger partial charge in [-0.2, -0.15) is 0 Å². The van der Waals surface area contributed by atoms with E-state index in [0.717, 1.165) is 24.4 Å². The van der Waals surface area contributed by atoms with Gasteiger partial charge in [-0.3, -0.25) is 4.90 Å². The standard InChI is InChI=1S/C19H29ClN2O4/c1-5-24-17-7-6-15(20)10-14(17)12-22-8-9-25-16(13-22)11-21-18(23)26-19(2,3)4/h6-7,10,16H,5,8-9,11-13H2,1-4H3,(H,21,23). The summed E-state index contributed by atoms with van der Waals surface area (Å²) in [5.41, 5.74) is 0.548. The Balaban J connectivity index is 1.88. The number of carbonyl (C=O) groups excluding carboxylic acids is 1. The number of amides is 1. The molecule has 1 aromatic carbocycles. The zero-order chi connectivity index (χ0) is 19.2. The average Bonchev–Trinajstić information content (AvgIpc) is 2.54. The Kier molecular flexibility index (Phi) is 7.55. The van der Waals surface area contributed by atoms with E-state index in [-0.39, 0.29) is 6.10 Å². The summed E-state index contributed by atoms with van der Waals surface area (Å²) >= 11 is 6.14. The van der Waals surface area contributed by atoms with Crippen LogP contribution in [-0.4, -0.2) is 55.5 Å². The van der Waals surface area contributed by atoms with Gasteiger partial charge in [0.05, 0.1) is 19.3 Å². The number of rotatable bonds is 6. The Morgan fingerprint density at radius 2 is 2.19 bits per heavy atom. The first-order chi connectivity index (χ1) is 12.3. The minimum atomic E-state index is -0.508. The fraction of sp³-hybridized carbons (Fsp3) is 0.632. The predicted molar refractivity (Wildman–Crippen MR) is 102 cm³/mol. The van der Waals surface area contributed by atoms with E-state index in [1.54, 1.807) is 0 Å². The summed E-state index contributed by atoms with van der Waals surface area (Å²) in [4.78, 5) is 14.1. The molecule has 146 valence electrons. The second-order valence-corrected chi connectivity index (χ2v) is 7.73. The zero-order valence-corrected chi connectivity index (χ0v) is 16.8. The van der Waals surface area contributed by atoms with Crippen LogP contribution in [0.15, 0.2) is 18.2 Å². The SMILES string of the molecule is CCOc1ccc(Cl)cc1CN1CCOC(CNC(=O)OC(C)(C)C)C1. The Hall–Kier alpha value is -1.50. The number of benzene rings is 1. The van der Waals surface area contributed by atoms with Crippen LogP contribution in [0.25, 0.3) is 0 Å². The summed E-state index contributed by atoms with van der Waals surface area (Å²) < 4.78 is 16.7. The van der Waals surface area contributed by atoms with Crippen molar-refractivity contribution in [2.75, 3.05) is 32.8 Å². The van der Waals surface area contributed by atoms with Crippen molar-refractivity contribution in [1.29, 1.82) is 0 Å². The molecule has 6 nitrogen and oxygen atoms in total. The van der Waals surface area contributed by atoms with Gasteiger partial charge in [-0.15, -0.1) is 0 Å². The second kappa shape index (κ2) is 9.44. The highest BCUT2D eigenvalue weighted by Crippen LogP contribution is 2.25. The first kappa shape index (κ1) is 20.8. The molecule has 26 heavy (non-hydrogen) atoms. The van der Waals surface area contributed by atoms with Gasteiger partial charge in [0.15, 0.2) is 0 Å². The largest absolute Gasteiger partial charge is 0.494 e. The summed E-state index contributed by atoms with van der Waals surface area (Å²) in [5, 5.41) is 3.47. The summed E-state index contributed by atoms with van der Waals surface area (Å²) in [5.74, 6) is 0.854. The maximum atomic E-state index is 11.8. The first-order valence-electron chi connectivity index (χ1n) is 8.99. The van der Waals surface area contributed by atoms with Gasteiger partial charge < -0.3 is 19.5 Å². The maximum absolute atomic E-state index is 11.8. The van der Waals surface area contributed by atoms with Crippen molar-refractivity contribution in [2.45, 2.75) is 45.9 Å². The molecule has 1 aromatic rings. The Labute approximate surface area is 160 Å². The number of carbonyl (C=O) groups is 1. The van der Waals surface area contributed by atoms with E-state index in [1.807, 2.05) is 45.9 Å². The molecule has 1 aliphatic rings. The van der Waals surface area contributed by atoms with E-state index in [2.05, 4.69) is 10.2 Å². The van der Waals surface area contributed by atoms with Crippen LogP contribution in [0.4, 0.5) is 4.79 Å². The molecule has 1 aliphatic heterocycles. The summed E-state index contributed by atoms with van der Waals surface area (Å²) in [7, 11) is 0. The molecule has 1 saturated heterocycles. The summed E-state index contributed by atoms with van der Waals surface area (Å²) in [6.07, 6.45) is -0.502. The number of hydrogen-bond acceptors (Lipinski definition) is 5. The number of nitrogens with zero attached hydrogens (tertiary/aromatic N) is 1. The van der Waals surface area contributed by atoms with Gasteiger partial charge in [-0.1, -0.05) is 11.6 Å². The van der Waals surface area contributed by atoms with Gasteiger partial charge in [0.2, 0.25) is 0 Å². The molecule has 1 N–H and O–H groups in total. The van der Waals surface area contributed by atoms with Gasteiger partial charge in [0.1, 0.15) is 11.4 Å². The van der Waals surface area contributed by atoms with Crippen molar-refractivity contribution < 1.29 is 19.0 Å². The topological polar surface area (TPSA) is 60.0 Å². The number of alkyl carbamates (subject to hydrolysis) is 1. The highest BCUT2D eigenvalue weighted by atomic mass is 35.5. The van der Waals surface area contributed by atoms with Crippen LogP contribution < -0.4 is 10.1 Å². The van der Waals surface area contributed by atoms with Crippen molar-refractivity contribution >= 4 is 17.7 Å². The van der Waals surface area contributed by atoms with E-state index in [0.29, 0.717) is 31.3 Å². The third-order valence-corrected chi connectivity index (χ3v) is 4.05. The van der Waals surface area contributed by atoms with Crippen LogP contribution in [-0.2, 0) is 16.0 Å². The van der Waals surface area contributed by atoms with E-state index in [4.69, 9.17) is 25.8 Å². The van der Waals surface area contributed by atoms with Crippen LogP contribution in [0.1, 0.15) is 33.3 Å². The van der Waals surface area contributed by atoms with Gasteiger partial charge >= 0.3 is 6.09 Å². The Morgan fingerprint density at radius 3 is 2.88 bits per heavy atom. The normalized spacial score (nSPS) is 18.4. The van der Waals surface area contributed by atoms with E-state index < -0.39 is 11.7 Å². The number of morpholine rings is 1. The minimum absolute atomic E-state index is 0.0778. The third-order valence-electron chi connectivity index (χ3n) is 3.81. The second-order valence-electron chi connectivity index (χ2n) is 7.30. The molecule has 1 atom stereocenters. The minimum Gasteiger partial charge on any atom is -0.494 e. The van der Waals surface area contributed by atoms with Crippen molar-refractivity contribution in [3.63, 3.8) is 0 Å². The van der Waals surface area contributed by atoms with Crippen molar-refractivity contribution in [3.05, 3.63) is 28.8 Å². The number of ether oxygens (including phenoxy) is 3.